The van der Waals surface area contributed by atoms with E-state index in [2.05, 4.69) is 13.2 Å². The smallest absolute Gasteiger partial charge is 0.303 e. The van der Waals surface area contributed by atoms with Crippen molar-refractivity contribution in [2.24, 2.45) is 0 Å². The molecule has 0 aromatic carbocycles. The summed E-state index contributed by atoms with van der Waals surface area (Å²) >= 11 is 0. The van der Waals surface area contributed by atoms with Gasteiger partial charge >= 0.3 is 17.9 Å². The summed E-state index contributed by atoms with van der Waals surface area (Å²) in [5.74, 6) is -1.74. The number of ether oxygens (including phenoxy) is 4. The van der Waals surface area contributed by atoms with Crippen molar-refractivity contribution >= 4 is 17.9 Å². The maximum absolute atomic E-state index is 11.3. The molecule has 4 atom stereocenters. The summed E-state index contributed by atoms with van der Waals surface area (Å²) in [6.45, 7) is 10.8. The zero-order chi connectivity index (χ0) is 16.2. The van der Waals surface area contributed by atoms with Gasteiger partial charge in [0.2, 0.25) is 0 Å². The van der Waals surface area contributed by atoms with E-state index in [4.69, 9.17) is 18.9 Å². The number of carbonyl (C=O) groups excluding carboxylic acids is 3. The van der Waals surface area contributed by atoms with Crippen LogP contribution in [0.4, 0.5) is 0 Å². The fourth-order valence-electron chi connectivity index (χ4n) is 1.99. The van der Waals surface area contributed by atoms with Gasteiger partial charge in [0.1, 0.15) is 5.76 Å². The van der Waals surface area contributed by atoms with E-state index in [9.17, 15) is 14.4 Å². The third-order valence-corrected chi connectivity index (χ3v) is 2.68. The van der Waals surface area contributed by atoms with Crippen LogP contribution in [0.5, 0.6) is 0 Å². The molecule has 0 aromatic heterocycles. The molecule has 21 heavy (non-hydrogen) atoms. The summed E-state index contributed by atoms with van der Waals surface area (Å²) in [4.78, 5) is 33.7. The largest absolute Gasteiger partial charge is 0.483 e. The molecule has 7 heteroatoms. The van der Waals surface area contributed by atoms with Crippen molar-refractivity contribution < 1.29 is 33.3 Å². The fraction of sp³-hybridized carbons (Fsp3) is 0.500. The normalized spacial score (nSPS) is 28.0. The first kappa shape index (κ1) is 16.7. The molecule has 0 aromatic rings. The minimum Gasteiger partial charge on any atom is -0.483 e. The lowest BCUT2D eigenvalue weighted by molar-refractivity contribution is -0.204. The molecule has 1 fully saturated rings. The molecule has 0 bridgehead atoms. The van der Waals surface area contributed by atoms with E-state index in [0.29, 0.717) is 0 Å². The topological polar surface area (TPSA) is 88.1 Å². The van der Waals surface area contributed by atoms with Gasteiger partial charge in [-0.25, -0.2) is 0 Å². The summed E-state index contributed by atoms with van der Waals surface area (Å²) in [7, 11) is 0. The van der Waals surface area contributed by atoms with Crippen molar-refractivity contribution in [3.05, 3.63) is 25.0 Å². The first-order valence-corrected chi connectivity index (χ1v) is 6.26. The average Bonchev–Trinajstić information content (AvgIpc) is 2.35. The van der Waals surface area contributed by atoms with Crippen LogP contribution in [-0.4, -0.2) is 42.3 Å². The van der Waals surface area contributed by atoms with Gasteiger partial charge in [-0.1, -0.05) is 13.2 Å². The molecule has 116 valence electrons. The Hall–Kier alpha value is -2.31. The third kappa shape index (κ3) is 4.34. The van der Waals surface area contributed by atoms with Crippen LogP contribution in [0.25, 0.3) is 0 Å². The summed E-state index contributed by atoms with van der Waals surface area (Å²) < 4.78 is 20.7. The van der Waals surface area contributed by atoms with Crippen LogP contribution in [0.2, 0.25) is 0 Å². The van der Waals surface area contributed by atoms with Gasteiger partial charge in [0, 0.05) is 20.8 Å². The Labute approximate surface area is 122 Å². The predicted octanol–water partition coefficient (Wildman–Crippen LogP) is 0.880. The SMILES string of the molecule is C=C[C@@H]1OC(=C)[C@@H](OC(C)=O)[C@H](OC(C)=O)[C@H]1OC(C)=O. The Morgan fingerprint density at radius 3 is 1.90 bits per heavy atom. The number of hydrogen-bond donors (Lipinski definition) is 0. The van der Waals surface area contributed by atoms with Crippen molar-refractivity contribution in [1.29, 1.82) is 0 Å². The summed E-state index contributed by atoms with van der Waals surface area (Å²) in [6.07, 6.45) is -2.48. The van der Waals surface area contributed by atoms with Gasteiger partial charge in [-0.2, -0.15) is 0 Å². The Morgan fingerprint density at radius 2 is 1.48 bits per heavy atom. The highest BCUT2D eigenvalue weighted by Crippen LogP contribution is 2.30. The average molecular weight is 298 g/mol. The summed E-state index contributed by atoms with van der Waals surface area (Å²) in [5.41, 5.74) is 0. The molecule has 1 heterocycles. The fourth-order valence-corrected chi connectivity index (χ4v) is 1.99. The second kappa shape index (κ2) is 6.92. The van der Waals surface area contributed by atoms with Crippen molar-refractivity contribution in [2.75, 3.05) is 0 Å². The second-order valence-corrected chi connectivity index (χ2v) is 4.46. The van der Waals surface area contributed by atoms with Crippen LogP contribution in [0, 0.1) is 0 Å². The van der Waals surface area contributed by atoms with E-state index in [1.54, 1.807) is 0 Å². The standard InChI is InChI=1S/C14H18O7/c1-6-11-13(20-9(4)16)14(21-10(5)17)12(7(2)18-11)19-8(3)15/h6,11-14H,1-2H2,3-5H3/t11-,12+,13-,14-/m0/s1. The molecule has 0 N–H and O–H groups in total. The molecule has 0 unspecified atom stereocenters. The van der Waals surface area contributed by atoms with Gasteiger partial charge < -0.3 is 18.9 Å². The predicted molar refractivity (Wildman–Crippen MR) is 70.9 cm³/mol. The molecule has 1 aliphatic rings. The maximum atomic E-state index is 11.3. The van der Waals surface area contributed by atoms with E-state index in [0.717, 1.165) is 0 Å². The minimum absolute atomic E-state index is 0.0877. The Bertz CT molecular complexity index is 468. The van der Waals surface area contributed by atoms with Gasteiger partial charge in [0.25, 0.3) is 0 Å². The highest BCUT2D eigenvalue weighted by molar-refractivity contribution is 5.68. The molecule has 7 nitrogen and oxygen atoms in total. The molecule has 0 amide bonds. The Morgan fingerprint density at radius 1 is 1.00 bits per heavy atom. The molecular weight excluding hydrogens is 280 g/mol. The summed E-state index contributed by atoms with van der Waals surface area (Å²) in [6, 6.07) is 0. The second-order valence-electron chi connectivity index (χ2n) is 4.46. The van der Waals surface area contributed by atoms with E-state index in [1.807, 2.05) is 0 Å². The van der Waals surface area contributed by atoms with Gasteiger partial charge in [-0.15, -0.1) is 0 Å². The van der Waals surface area contributed by atoms with E-state index >= 15 is 0 Å². The van der Waals surface area contributed by atoms with Crippen LogP contribution in [-0.2, 0) is 33.3 Å². The van der Waals surface area contributed by atoms with Crippen molar-refractivity contribution in [1.82, 2.24) is 0 Å². The van der Waals surface area contributed by atoms with Crippen LogP contribution in [0.1, 0.15) is 20.8 Å². The molecule has 1 aliphatic heterocycles. The Balaban J connectivity index is 3.14. The highest BCUT2D eigenvalue weighted by atomic mass is 16.6. The highest BCUT2D eigenvalue weighted by Gasteiger charge is 2.48. The first-order chi connectivity index (χ1) is 9.76. The van der Waals surface area contributed by atoms with Crippen LogP contribution < -0.4 is 0 Å². The van der Waals surface area contributed by atoms with Crippen LogP contribution in [0.3, 0.4) is 0 Å². The molecule has 0 saturated carbocycles. The van der Waals surface area contributed by atoms with Crippen molar-refractivity contribution in [3.63, 3.8) is 0 Å². The number of rotatable bonds is 4. The lowest BCUT2D eigenvalue weighted by Crippen LogP contribution is -2.55. The zero-order valence-electron chi connectivity index (χ0n) is 12.2. The third-order valence-electron chi connectivity index (χ3n) is 2.68. The quantitative estimate of drug-likeness (QED) is 0.432. The van der Waals surface area contributed by atoms with Gasteiger partial charge in [0.05, 0.1) is 0 Å². The number of esters is 3. The van der Waals surface area contributed by atoms with Gasteiger partial charge in [-0.3, -0.25) is 14.4 Å². The van der Waals surface area contributed by atoms with Crippen LogP contribution >= 0.6 is 0 Å². The Kier molecular flexibility index (Phi) is 5.52. The van der Waals surface area contributed by atoms with Crippen molar-refractivity contribution in [3.8, 4) is 0 Å². The zero-order valence-corrected chi connectivity index (χ0v) is 12.2. The lowest BCUT2D eigenvalue weighted by atomic mass is 9.97. The van der Waals surface area contributed by atoms with Gasteiger partial charge in [0.15, 0.2) is 24.4 Å². The molecule has 0 radical (unpaired) electrons. The summed E-state index contributed by atoms with van der Waals surface area (Å²) in [5, 5.41) is 0. The number of hydrogen-bond acceptors (Lipinski definition) is 7. The monoisotopic (exact) mass is 298 g/mol. The molecule has 1 rings (SSSR count). The van der Waals surface area contributed by atoms with Crippen LogP contribution in [0.15, 0.2) is 25.0 Å². The molecule has 0 spiro atoms. The number of carbonyl (C=O) groups is 3. The maximum Gasteiger partial charge on any atom is 0.303 e. The van der Waals surface area contributed by atoms with E-state index < -0.39 is 42.3 Å². The van der Waals surface area contributed by atoms with Gasteiger partial charge in [-0.05, 0) is 6.08 Å². The van der Waals surface area contributed by atoms with E-state index in [-0.39, 0.29) is 5.76 Å². The molecule has 1 saturated heterocycles. The van der Waals surface area contributed by atoms with Crippen molar-refractivity contribution in [2.45, 2.75) is 45.2 Å². The first-order valence-electron chi connectivity index (χ1n) is 6.26. The lowest BCUT2D eigenvalue weighted by Gasteiger charge is -2.40. The molecular formula is C14H18O7. The van der Waals surface area contributed by atoms with E-state index in [1.165, 1.54) is 26.8 Å². The minimum atomic E-state index is -1.06. The molecule has 0 aliphatic carbocycles.